The van der Waals surface area contributed by atoms with Crippen molar-refractivity contribution < 1.29 is 23.9 Å². The van der Waals surface area contributed by atoms with Crippen LogP contribution in [0.2, 0.25) is 0 Å². The number of allylic oxidation sites excluding steroid dienone is 1. The number of hydrogen-bond acceptors (Lipinski definition) is 9. The molecule has 0 radical (unpaired) electrons. The van der Waals surface area contributed by atoms with Crippen LogP contribution < -0.4 is 24.4 Å². The van der Waals surface area contributed by atoms with Crippen molar-refractivity contribution in [3.63, 3.8) is 0 Å². The van der Waals surface area contributed by atoms with E-state index in [1.165, 1.54) is 10.6 Å². The van der Waals surface area contributed by atoms with Gasteiger partial charge in [0.25, 0.3) is 11.2 Å². The summed E-state index contributed by atoms with van der Waals surface area (Å²) in [4.78, 5) is 43.5. The molecule has 0 spiro atoms. The molecule has 1 aliphatic rings. The zero-order chi connectivity index (χ0) is 33.1. The zero-order valence-corrected chi connectivity index (χ0v) is 29.3. The van der Waals surface area contributed by atoms with E-state index in [2.05, 4.69) is 36.9 Å². The van der Waals surface area contributed by atoms with Crippen LogP contribution >= 0.6 is 43.2 Å². The first-order valence-electron chi connectivity index (χ1n) is 14.3. The second-order valence-corrected chi connectivity index (χ2v) is 13.1. The highest BCUT2D eigenvalue weighted by Gasteiger charge is 2.34. The molecule has 10 nitrogen and oxygen atoms in total. The third-order valence-corrected chi connectivity index (χ3v) is 9.29. The van der Waals surface area contributed by atoms with Crippen molar-refractivity contribution >= 4 is 60.9 Å². The number of nitro groups is 1. The third-order valence-electron chi connectivity index (χ3n) is 7.19. The predicted octanol–water partition coefficient (Wildman–Crippen LogP) is 6.52. The van der Waals surface area contributed by atoms with E-state index in [0.29, 0.717) is 60.9 Å². The van der Waals surface area contributed by atoms with Gasteiger partial charge in [-0.1, -0.05) is 51.5 Å². The van der Waals surface area contributed by atoms with Crippen molar-refractivity contribution in [3.05, 3.63) is 127 Å². The summed E-state index contributed by atoms with van der Waals surface area (Å²) in [5, 5.41) is 11.8. The number of esters is 1. The summed E-state index contributed by atoms with van der Waals surface area (Å²) in [5.74, 6) is 0.382. The molecular formula is C33H29Br2N3O7S. The summed E-state index contributed by atoms with van der Waals surface area (Å²) in [7, 11) is 0. The molecule has 13 heteroatoms. The van der Waals surface area contributed by atoms with Gasteiger partial charge in [0, 0.05) is 16.1 Å². The van der Waals surface area contributed by atoms with Gasteiger partial charge >= 0.3 is 5.97 Å². The average molecular weight is 771 g/mol. The fourth-order valence-corrected chi connectivity index (χ4v) is 6.95. The Hall–Kier alpha value is -4.07. The number of benzene rings is 3. The SMILES string of the molecule is CCOC(=O)C1=C(C)N=c2s/c(=C/c3cc(Br)c(OCc4ccc(Br)cc4)c(OCC)c3)c(=O)n2[C@H]1c1ccc(C)c([N+](=O)[O-])c1. The molecule has 0 saturated carbocycles. The molecule has 0 unspecified atom stereocenters. The molecule has 0 fully saturated rings. The van der Waals surface area contributed by atoms with Crippen molar-refractivity contribution in [1.82, 2.24) is 4.57 Å². The van der Waals surface area contributed by atoms with Gasteiger partial charge < -0.3 is 14.2 Å². The highest BCUT2D eigenvalue weighted by Crippen LogP contribution is 2.38. The molecule has 3 aromatic carbocycles. The lowest BCUT2D eigenvalue weighted by Gasteiger charge is -2.24. The monoisotopic (exact) mass is 769 g/mol. The first-order chi connectivity index (χ1) is 22.0. The second kappa shape index (κ2) is 14.1. The summed E-state index contributed by atoms with van der Waals surface area (Å²) < 4.78 is 20.7. The molecule has 4 aromatic rings. The van der Waals surface area contributed by atoms with Gasteiger partial charge in [0.15, 0.2) is 16.3 Å². The van der Waals surface area contributed by atoms with Gasteiger partial charge in [-0.2, -0.15) is 0 Å². The van der Waals surface area contributed by atoms with E-state index in [1.54, 1.807) is 45.0 Å². The number of rotatable bonds is 10. The molecule has 1 aromatic heterocycles. The molecule has 238 valence electrons. The number of aromatic nitrogens is 1. The Bertz CT molecular complexity index is 2050. The Balaban J connectivity index is 1.61. The fourth-order valence-electron chi connectivity index (χ4n) is 5.06. The molecular weight excluding hydrogens is 742 g/mol. The van der Waals surface area contributed by atoms with E-state index >= 15 is 0 Å². The molecule has 1 aliphatic heterocycles. The number of carbonyl (C=O) groups is 1. The molecule has 0 aliphatic carbocycles. The minimum atomic E-state index is -0.975. The maximum absolute atomic E-state index is 14.1. The number of nitrogens with zero attached hydrogens (tertiary/aromatic N) is 3. The normalized spacial score (nSPS) is 14.5. The smallest absolute Gasteiger partial charge is 0.338 e. The number of fused-ring (bicyclic) bond motifs is 1. The number of thiazole rings is 1. The minimum Gasteiger partial charge on any atom is -0.490 e. The lowest BCUT2D eigenvalue weighted by Crippen LogP contribution is -2.40. The lowest BCUT2D eigenvalue weighted by molar-refractivity contribution is -0.385. The zero-order valence-electron chi connectivity index (χ0n) is 25.3. The maximum atomic E-state index is 14.1. The number of hydrogen-bond donors (Lipinski definition) is 0. The van der Waals surface area contributed by atoms with E-state index in [0.717, 1.165) is 21.4 Å². The van der Waals surface area contributed by atoms with E-state index in [9.17, 15) is 19.7 Å². The standard InChI is InChI=1S/C33H29Br2N3O7S/c1-5-43-26-14-21(13-24(35)30(26)45-17-20-8-11-23(34)12-9-20)15-27-31(39)37-29(22-10-7-18(3)25(16-22)38(41)42)28(32(40)44-6-2)19(4)36-33(37)46-27/h7-16,29H,5-6,17H2,1-4H3/b27-15+/t29-/m0/s1. The number of nitro benzene ring substituents is 1. The summed E-state index contributed by atoms with van der Waals surface area (Å²) in [5.41, 5.74) is 2.49. The Labute approximate surface area is 285 Å². The minimum absolute atomic E-state index is 0.112. The second-order valence-electron chi connectivity index (χ2n) is 10.3. The lowest BCUT2D eigenvalue weighted by atomic mass is 9.94. The number of halogens is 2. The van der Waals surface area contributed by atoms with Gasteiger partial charge in [-0.3, -0.25) is 19.5 Å². The van der Waals surface area contributed by atoms with E-state index in [-0.39, 0.29) is 17.9 Å². The third kappa shape index (κ3) is 6.86. The molecule has 5 rings (SSSR count). The van der Waals surface area contributed by atoms with Crippen LogP contribution in [0.15, 0.2) is 84.6 Å². The van der Waals surface area contributed by atoms with Crippen molar-refractivity contribution in [2.75, 3.05) is 13.2 Å². The Morgan fingerprint density at radius 2 is 1.80 bits per heavy atom. The maximum Gasteiger partial charge on any atom is 0.338 e. The quantitative estimate of drug-likeness (QED) is 0.102. The summed E-state index contributed by atoms with van der Waals surface area (Å²) in [6.45, 7) is 7.68. The molecule has 46 heavy (non-hydrogen) atoms. The number of aryl methyl sites for hydroxylation is 1. The predicted molar refractivity (Wildman–Crippen MR) is 182 cm³/mol. The van der Waals surface area contributed by atoms with E-state index in [1.807, 2.05) is 37.3 Å². The van der Waals surface area contributed by atoms with E-state index < -0.39 is 22.5 Å². The van der Waals surface area contributed by atoms with Crippen molar-refractivity contribution in [1.29, 1.82) is 0 Å². The van der Waals surface area contributed by atoms with Gasteiger partial charge in [0.05, 0.1) is 44.5 Å². The van der Waals surface area contributed by atoms with Crippen LogP contribution in [0, 0.1) is 17.0 Å². The molecule has 0 bridgehead atoms. The van der Waals surface area contributed by atoms with Crippen molar-refractivity contribution in [2.45, 2.75) is 40.3 Å². The first kappa shape index (κ1) is 33.3. The molecule has 1 atom stereocenters. The number of ether oxygens (including phenoxy) is 3. The van der Waals surface area contributed by atoms with Crippen LogP contribution in [0.4, 0.5) is 5.69 Å². The van der Waals surface area contributed by atoms with Crippen LogP contribution in [-0.2, 0) is 16.1 Å². The van der Waals surface area contributed by atoms with Gasteiger partial charge in [0.2, 0.25) is 0 Å². The Kier molecular flexibility index (Phi) is 10.2. The van der Waals surface area contributed by atoms with Gasteiger partial charge in [-0.05, 0) is 90.7 Å². The summed E-state index contributed by atoms with van der Waals surface area (Å²) >= 11 is 8.20. The fraction of sp³-hybridized carbons (Fsp3) is 0.242. The molecule has 0 saturated heterocycles. The van der Waals surface area contributed by atoms with Crippen LogP contribution in [0.5, 0.6) is 11.5 Å². The van der Waals surface area contributed by atoms with Crippen LogP contribution in [0.3, 0.4) is 0 Å². The van der Waals surface area contributed by atoms with Crippen molar-refractivity contribution in [2.24, 2.45) is 4.99 Å². The topological polar surface area (TPSA) is 122 Å². The summed E-state index contributed by atoms with van der Waals surface area (Å²) in [6, 6.07) is 15.1. The van der Waals surface area contributed by atoms with Gasteiger partial charge in [-0.25, -0.2) is 9.79 Å². The van der Waals surface area contributed by atoms with Crippen molar-refractivity contribution in [3.8, 4) is 11.5 Å². The average Bonchev–Trinajstić information content (AvgIpc) is 3.31. The Morgan fingerprint density at radius 3 is 2.48 bits per heavy atom. The van der Waals surface area contributed by atoms with Crippen LogP contribution in [-0.4, -0.2) is 28.7 Å². The highest BCUT2D eigenvalue weighted by atomic mass is 79.9. The largest absolute Gasteiger partial charge is 0.490 e. The molecule has 0 N–H and O–H groups in total. The molecule has 2 heterocycles. The van der Waals surface area contributed by atoms with Gasteiger partial charge in [0.1, 0.15) is 6.61 Å². The molecule has 0 amide bonds. The van der Waals surface area contributed by atoms with Crippen LogP contribution in [0.1, 0.15) is 49.1 Å². The van der Waals surface area contributed by atoms with Crippen LogP contribution in [0.25, 0.3) is 6.08 Å². The number of carbonyl (C=O) groups excluding carboxylic acids is 1. The van der Waals surface area contributed by atoms with Gasteiger partial charge in [-0.15, -0.1) is 0 Å². The highest BCUT2D eigenvalue weighted by molar-refractivity contribution is 9.10. The summed E-state index contributed by atoms with van der Waals surface area (Å²) in [6.07, 6.45) is 1.72. The first-order valence-corrected chi connectivity index (χ1v) is 16.7. The Morgan fingerprint density at radius 1 is 1.07 bits per heavy atom. The van der Waals surface area contributed by atoms with E-state index in [4.69, 9.17) is 14.2 Å².